The SMILES string of the molecule is CCC[C@H]1CSC(C)=N1. The molecule has 0 saturated carbocycles. The van der Waals surface area contributed by atoms with Crippen molar-refractivity contribution in [2.45, 2.75) is 32.7 Å². The molecular weight excluding hydrogens is 130 g/mol. The fourth-order valence-electron chi connectivity index (χ4n) is 1.03. The van der Waals surface area contributed by atoms with E-state index in [1.54, 1.807) is 0 Å². The maximum atomic E-state index is 4.46. The fraction of sp³-hybridized carbons (Fsp3) is 0.857. The summed E-state index contributed by atoms with van der Waals surface area (Å²) in [6, 6.07) is 0.639. The van der Waals surface area contributed by atoms with Gasteiger partial charge in [0.25, 0.3) is 0 Å². The molecule has 52 valence electrons. The number of aliphatic imine (C=N–C) groups is 1. The third-order valence-electron chi connectivity index (χ3n) is 1.47. The largest absolute Gasteiger partial charge is 0.279 e. The zero-order chi connectivity index (χ0) is 6.69. The Morgan fingerprint density at radius 1 is 1.78 bits per heavy atom. The number of thioether (sulfide) groups is 1. The zero-order valence-corrected chi connectivity index (χ0v) is 6.87. The van der Waals surface area contributed by atoms with Crippen LogP contribution in [0.3, 0.4) is 0 Å². The van der Waals surface area contributed by atoms with Crippen molar-refractivity contribution in [1.82, 2.24) is 0 Å². The predicted molar refractivity (Wildman–Crippen MR) is 44.3 cm³/mol. The molecule has 0 aromatic rings. The molecule has 0 bridgehead atoms. The number of rotatable bonds is 2. The first-order valence-electron chi connectivity index (χ1n) is 3.50. The van der Waals surface area contributed by atoms with Crippen molar-refractivity contribution in [3.8, 4) is 0 Å². The van der Waals surface area contributed by atoms with Gasteiger partial charge < -0.3 is 0 Å². The maximum absolute atomic E-state index is 4.46. The van der Waals surface area contributed by atoms with E-state index in [1.165, 1.54) is 23.6 Å². The van der Waals surface area contributed by atoms with E-state index in [9.17, 15) is 0 Å². The van der Waals surface area contributed by atoms with E-state index in [-0.39, 0.29) is 0 Å². The van der Waals surface area contributed by atoms with Crippen molar-refractivity contribution in [2.75, 3.05) is 5.75 Å². The lowest BCUT2D eigenvalue weighted by Crippen LogP contribution is -2.01. The molecule has 9 heavy (non-hydrogen) atoms. The van der Waals surface area contributed by atoms with Crippen LogP contribution in [0.2, 0.25) is 0 Å². The first kappa shape index (κ1) is 7.13. The summed E-state index contributed by atoms with van der Waals surface area (Å²) in [5.74, 6) is 1.22. The number of hydrogen-bond donors (Lipinski definition) is 0. The Kier molecular flexibility index (Phi) is 2.58. The molecule has 0 aromatic carbocycles. The van der Waals surface area contributed by atoms with Crippen molar-refractivity contribution in [3.05, 3.63) is 0 Å². The van der Waals surface area contributed by atoms with Gasteiger partial charge in [0, 0.05) is 5.75 Å². The van der Waals surface area contributed by atoms with Crippen LogP contribution in [-0.4, -0.2) is 16.8 Å². The smallest absolute Gasteiger partial charge is 0.0649 e. The molecule has 0 N–H and O–H groups in total. The molecule has 0 fully saturated rings. The minimum Gasteiger partial charge on any atom is -0.279 e. The lowest BCUT2D eigenvalue weighted by molar-refractivity contribution is 0.670. The standard InChI is InChI=1S/C7H13NS/c1-3-4-7-5-9-6(2)8-7/h7H,3-5H2,1-2H3/t7-/m0/s1. The summed E-state index contributed by atoms with van der Waals surface area (Å²) < 4.78 is 0. The van der Waals surface area contributed by atoms with Crippen LogP contribution in [0.4, 0.5) is 0 Å². The van der Waals surface area contributed by atoms with E-state index >= 15 is 0 Å². The molecule has 0 aromatic heterocycles. The van der Waals surface area contributed by atoms with Gasteiger partial charge in [-0.1, -0.05) is 13.3 Å². The molecule has 0 amide bonds. The first-order chi connectivity index (χ1) is 4.33. The van der Waals surface area contributed by atoms with Gasteiger partial charge in [-0.2, -0.15) is 0 Å². The summed E-state index contributed by atoms with van der Waals surface area (Å²) in [5.41, 5.74) is 0. The summed E-state index contributed by atoms with van der Waals surface area (Å²) >= 11 is 1.90. The molecule has 1 rings (SSSR count). The van der Waals surface area contributed by atoms with E-state index < -0.39 is 0 Å². The van der Waals surface area contributed by atoms with Gasteiger partial charge in [0.05, 0.1) is 11.1 Å². The van der Waals surface area contributed by atoms with Gasteiger partial charge in [0.2, 0.25) is 0 Å². The predicted octanol–water partition coefficient (Wildman–Crippen LogP) is 2.32. The van der Waals surface area contributed by atoms with Crippen LogP contribution in [0.25, 0.3) is 0 Å². The van der Waals surface area contributed by atoms with Crippen molar-refractivity contribution in [2.24, 2.45) is 4.99 Å². The van der Waals surface area contributed by atoms with E-state index in [2.05, 4.69) is 18.8 Å². The van der Waals surface area contributed by atoms with Crippen LogP contribution in [0, 0.1) is 0 Å². The Morgan fingerprint density at radius 3 is 3.00 bits per heavy atom. The summed E-state index contributed by atoms with van der Waals surface area (Å²) in [5, 5.41) is 1.27. The van der Waals surface area contributed by atoms with Gasteiger partial charge in [-0.25, -0.2) is 0 Å². The Hall–Kier alpha value is 0.0200. The summed E-state index contributed by atoms with van der Waals surface area (Å²) in [7, 11) is 0. The van der Waals surface area contributed by atoms with Crippen molar-refractivity contribution in [1.29, 1.82) is 0 Å². The van der Waals surface area contributed by atoms with E-state index in [0.29, 0.717) is 6.04 Å². The lowest BCUT2D eigenvalue weighted by Gasteiger charge is -1.99. The van der Waals surface area contributed by atoms with Gasteiger partial charge in [0.15, 0.2) is 0 Å². The minimum atomic E-state index is 0.639. The monoisotopic (exact) mass is 143 g/mol. The third-order valence-corrected chi connectivity index (χ3v) is 2.55. The molecule has 1 atom stereocenters. The van der Waals surface area contributed by atoms with Gasteiger partial charge in [-0.15, -0.1) is 11.8 Å². The Labute approximate surface area is 60.9 Å². The third kappa shape index (κ3) is 2.01. The van der Waals surface area contributed by atoms with Crippen molar-refractivity contribution in [3.63, 3.8) is 0 Å². The van der Waals surface area contributed by atoms with E-state index in [1.807, 2.05) is 11.8 Å². The van der Waals surface area contributed by atoms with Gasteiger partial charge >= 0.3 is 0 Å². The minimum absolute atomic E-state index is 0.639. The molecule has 1 nitrogen and oxygen atoms in total. The van der Waals surface area contributed by atoms with Gasteiger partial charge in [0.1, 0.15) is 0 Å². The molecule has 0 saturated heterocycles. The highest BCUT2D eigenvalue weighted by molar-refractivity contribution is 8.14. The zero-order valence-electron chi connectivity index (χ0n) is 6.05. The molecule has 2 heteroatoms. The molecular formula is C7H13NS. The number of nitrogens with zero attached hydrogens (tertiary/aromatic N) is 1. The van der Waals surface area contributed by atoms with E-state index in [0.717, 1.165) is 0 Å². The molecule has 0 radical (unpaired) electrons. The van der Waals surface area contributed by atoms with Crippen LogP contribution in [-0.2, 0) is 0 Å². The Balaban J connectivity index is 2.29. The highest BCUT2D eigenvalue weighted by Crippen LogP contribution is 2.20. The Morgan fingerprint density at radius 2 is 2.56 bits per heavy atom. The number of hydrogen-bond acceptors (Lipinski definition) is 2. The molecule has 1 aliphatic heterocycles. The first-order valence-corrected chi connectivity index (χ1v) is 4.48. The average molecular weight is 143 g/mol. The second kappa shape index (κ2) is 3.25. The molecule has 0 aliphatic carbocycles. The molecule has 1 aliphatic rings. The quantitative estimate of drug-likeness (QED) is 0.578. The van der Waals surface area contributed by atoms with Crippen LogP contribution in [0.1, 0.15) is 26.7 Å². The molecule has 1 heterocycles. The van der Waals surface area contributed by atoms with Gasteiger partial charge in [-0.05, 0) is 13.3 Å². The molecule has 0 unspecified atom stereocenters. The van der Waals surface area contributed by atoms with Crippen molar-refractivity contribution < 1.29 is 0 Å². The highest BCUT2D eigenvalue weighted by Gasteiger charge is 2.12. The topological polar surface area (TPSA) is 12.4 Å². The molecule has 0 spiro atoms. The van der Waals surface area contributed by atoms with E-state index in [4.69, 9.17) is 0 Å². The Bertz CT molecular complexity index is 120. The van der Waals surface area contributed by atoms with Crippen LogP contribution in [0.15, 0.2) is 4.99 Å². The summed E-state index contributed by atoms with van der Waals surface area (Å²) in [6.45, 7) is 4.31. The van der Waals surface area contributed by atoms with Crippen LogP contribution >= 0.6 is 11.8 Å². The van der Waals surface area contributed by atoms with Crippen LogP contribution in [0.5, 0.6) is 0 Å². The maximum Gasteiger partial charge on any atom is 0.0649 e. The van der Waals surface area contributed by atoms with Crippen molar-refractivity contribution >= 4 is 16.8 Å². The van der Waals surface area contributed by atoms with Crippen LogP contribution < -0.4 is 0 Å². The fourth-order valence-corrected chi connectivity index (χ4v) is 1.93. The second-order valence-electron chi connectivity index (χ2n) is 2.40. The summed E-state index contributed by atoms with van der Waals surface area (Å²) in [6.07, 6.45) is 2.53. The summed E-state index contributed by atoms with van der Waals surface area (Å²) in [4.78, 5) is 4.46. The average Bonchev–Trinajstić information content (AvgIpc) is 2.17. The highest BCUT2D eigenvalue weighted by atomic mass is 32.2. The van der Waals surface area contributed by atoms with Gasteiger partial charge in [-0.3, -0.25) is 4.99 Å². The second-order valence-corrected chi connectivity index (χ2v) is 3.61. The normalized spacial score (nSPS) is 26.4. The lowest BCUT2D eigenvalue weighted by atomic mass is 10.2.